The lowest BCUT2D eigenvalue weighted by Gasteiger charge is -2.48. The van der Waals surface area contributed by atoms with Crippen molar-refractivity contribution in [3.05, 3.63) is 36.5 Å². The number of rotatable bonds is 5. The van der Waals surface area contributed by atoms with Gasteiger partial charge in [-0.1, -0.05) is 34.6 Å². The van der Waals surface area contributed by atoms with E-state index in [-0.39, 0.29) is 11.5 Å². The molecule has 0 spiro atoms. The van der Waals surface area contributed by atoms with Crippen LogP contribution in [0.15, 0.2) is 36.5 Å². The molecular weight excluding hydrogens is 444 g/mol. The summed E-state index contributed by atoms with van der Waals surface area (Å²) in [4.78, 5) is 20.6. The van der Waals surface area contributed by atoms with E-state index in [9.17, 15) is 9.90 Å². The number of carbonyl (C=O) groups is 1. The number of carboxylic acid groups (broad SMARTS) is 1. The highest BCUT2D eigenvalue weighted by atomic mass is 16.5. The first-order valence-corrected chi connectivity index (χ1v) is 12.1. The molecule has 0 aliphatic carbocycles. The molecule has 2 bridgehead atoms. The number of nitrogen functional groups attached to an aromatic ring is 1. The minimum absolute atomic E-state index is 0.0866. The molecule has 4 heterocycles. The number of nitrogens with zero attached hydrogens (tertiary/aromatic N) is 5. The molecule has 1 aromatic carbocycles. The fourth-order valence-electron chi connectivity index (χ4n) is 5.56. The number of piperazine rings is 1. The molecule has 3 aromatic rings. The molecule has 2 saturated heterocycles. The van der Waals surface area contributed by atoms with Gasteiger partial charge in [-0.25, -0.2) is 14.5 Å². The van der Waals surface area contributed by atoms with Crippen LogP contribution in [0.3, 0.4) is 0 Å². The minimum atomic E-state index is -0.849. The van der Waals surface area contributed by atoms with Gasteiger partial charge in [0.15, 0.2) is 5.82 Å². The molecule has 9 nitrogen and oxygen atoms in total. The number of benzene rings is 1. The number of hydrogen-bond donors (Lipinski definition) is 2. The standard InChI is InChI=1S/C26H34N6O3/c1-16(2)14-35-19-6-7-20-21(11-19)32(29-23(20)27)17-8-9-28-22(10-17)30-15-26(25(3,4)5)12-18(30)13-31(26)24(33)34/h6-11,16,18H,12-15H2,1-5H3,(H2,27,29)(H,33,34)/t18-,26+/m0/s1. The Morgan fingerprint density at radius 2 is 2.06 bits per heavy atom. The Hall–Kier alpha value is -3.49. The van der Waals surface area contributed by atoms with Gasteiger partial charge >= 0.3 is 6.09 Å². The summed E-state index contributed by atoms with van der Waals surface area (Å²) in [6.07, 6.45) is 1.72. The van der Waals surface area contributed by atoms with E-state index in [1.165, 1.54) is 0 Å². The van der Waals surface area contributed by atoms with Crippen molar-refractivity contribution in [3.63, 3.8) is 0 Å². The van der Waals surface area contributed by atoms with Crippen LogP contribution in [0.4, 0.5) is 16.4 Å². The van der Waals surface area contributed by atoms with Crippen LogP contribution in [0.5, 0.6) is 5.75 Å². The summed E-state index contributed by atoms with van der Waals surface area (Å²) >= 11 is 0. The lowest BCUT2D eigenvalue weighted by Crippen LogP contribution is -2.61. The Kier molecular flexibility index (Phi) is 5.34. The van der Waals surface area contributed by atoms with Crippen molar-refractivity contribution in [2.45, 2.75) is 52.6 Å². The van der Waals surface area contributed by atoms with Gasteiger partial charge in [0.1, 0.15) is 11.6 Å². The number of anilines is 2. The quantitative estimate of drug-likeness (QED) is 0.559. The van der Waals surface area contributed by atoms with Gasteiger partial charge < -0.3 is 20.5 Å². The van der Waals surface area contributed by atoms with E-state index < -0.39 is 11.6 Å². The molecule has 0 unspecified atom stereocenters. The fraction of sp³-hybridized carbons (Fsp3) is 0.500. The van der Waals surface area contributed by atoms with Crippen LogP contribution in [0, 0.1) is 11.3 Å². The average molecular weight is 479 g/mol. The third-order valence-corrected chi connectivity index (χ3v) is 7.52. The Labute approximate surface area is 205 Å². The number of likely N-dealkylation sites (tertiary alicyclic amines) is 1. The number of aromatic nitrogens is 3. The van der Waals surface area contributed by atoms with Crippen molar-refractivity contribution >= 4 is 28.6 Å². The summed E-state index contributed by atoms with van der Waals surface area (Å²) in [6, 6.07) is 9.84. The van der Waals surface area contributed by atoms with Gasteiger partial charge in [-0.2, -0.15) is 0 Å². The number of hydrogen-bond acceptors (Lipinski definition) is 6. The highest BCUT2D eigenvalue weighted by Crippen LogP contribution is 2.51. The maximum Gasteiger partial charge on any atom is 0.407 e. The number of nitrogens with two attached hydrogens (primary N) is 1. The van der Waals surface area contributed by atoms with E-state index in [0.29, 0.717) is 31.4 Å². The van der Waals surface area contributed by atoms with Gasteiger partial charge in [-0.3, -0.25) is 4.90 Å². The Bertz CT molecular complexity index is 1280. The third-order valence-electron chi connectivity index (χ3n) is 7.52. The number of pyridine rings is 1. The fourth-order valence-corrected chi connectivity index (χ4v) is 5.56. The molecule has 2 aromatic heterocycles. The van der Waals surface area contributed by atoms with Crippen molar-refractivity contribution in [2.75, 3.05) is 30.3 Å². The van der Waals surface area contributed by atoms with Crippen LogP contribution in [0.2, 0.25) is 0 Å². The highest BCUT2D eigenvalue weighted by Gasteiger charge is 2.62. The van der Waals surface area contributed by atoms with Crippen LogP contribution < -0.4 is 15.4 Å². The van der Waals surface area contributed by atoms with Crippen molar-refractivity contribution in [1.29, 1.82) is 0 Å². The van der Waals surface area contributed by atoms with Crippen molar-refractivity contribution in [2.24, 2.45) is 11.3 Å². The van der Waals surface area contributed by atoms with Gasteiger partial charge in [-0.15, -0.1) is 5.10 Å². The molecule has 2 atom stereocenters. The van der Waals surface area contributed by atoms with E-state index >= 15 is 0 Å². The summed E-state index contributed by atoms with van der Waals surface area (Å²) in [6.45, 7) is 12.3. The van der Waals surface area contributed by atoms with E-state index in [1.807, 2.05) is 35.0 Å². The maximum atomic E-state index is 12.0. The minimum Gasteiger partial charge on any atom is -0.493 e. The normalized spacial score (nSPS) is 21.9. The molecule has 2 aliphatic rings. The molecule has 0 radical (unpaired) electrons. The Morgan fingerprint density at radius 1 is 1.29 bits per heavy atom. The van der Waals surface area contributed by atoms with Crippen LogP contribution in [-0.4, -0.2) is 62.1 Å². The third kappa shape index (κ3) is 3.73. The largest absolute Gasteiger partial charge is 0.493 e. The zero-order valence-corrected chi connectivity index (χ0v) is 21.0. The number of amides is 1. The predicted molar refractivity (Wildman–Crippen MR) is 136 cm³/mol. The molecule has 3 N–H and O–H groups in total. The van der Waals surface area contributed by atoms with Crippen molar-refractivity contribution in [1.82, 2.24) is 19.7 Å². The molecular formula is C26H34N6O3. The van der Waals surface area contributed by atoms with E-state index in [4.69, 9.17) is 10.5 Å². The smallest absolute Gasteiger partial charge is 0.407 e. The van der Waals surface area contributed by atoms with Crippen molar-refractivity contribution in [3.8, 4) is 11.4 Å². The maximum absolute atomic E-state index is 12.0. The van der Waals surface area contributed by atoms with Gasteiger partial charge in [0, 0.05) is 36.8 Å². The first-order chi connectivity index (χ1) is 16.5. The lowest BCUT2D eigenvalue weighted by molar-refractivity contribution is 0.0362. The Balaban J connectivity index is 1.50. The summed E-state index contributed by atoms with van der Waals surface area (Å²) < 4.78 is 7.76. The molecule has 2 fully saturated rings. The first-order valence-electron chi connectivity index (χ1n) is 12.1. The molecule has 9 heteroatoms. The number of fused-ring (bicyclic) bond motifs is 3. The van der Waals surface area contributed by atoms with E-state index in [1.54, 1.807) is 11.1 Å². The molecule has 5 rings (SSSR count). The SMILES string of the molecule is CC(C)COc1ccc2c(N)nn(-c3ccnc(N4C[C@@]5(C(C)(C)C)C[C@H]4CN5C(=O)O)c3)c2c1. The van der Waals surface area contributed by atoms with Crippen LogP contribution in [-0.2, 0) is 0 Å². The lowest BCUT2D eigenvalue weighted by atomic mass is 9.73. The van der Waals surface area contributed by atoms with Crippen LogP contribution in [0.1, 0.15) is 41.0 Å². The molecule has 35 heavy (non-hydrogen) atoms. The number of ether oxygens (including phenoxy) is 1. The van der Waals surface area contributed by atoms with Gasteiger partial charge in [-0.05, 0) is 36.0 Å². The topological polar surface area (TPSA) is 110 Å². The highest BCUT2D eigenvalue weighted by molar-refractivity contribution is 5.91. The molecule has 2 aliphatic heterocycles. The second-order valence-corrected chi connectivity index (χ2v) is 11.2. The van der Waals surface area contributed by atoms with Gasteiger partial charge in [0.25, 0.3) is 0 Å². The summed E-state index contributed by atoms with van der Waals surface area (Å²) in [5.74, 6) is 2.47. The average Bonchev–Trinajstić information content (AvgIpc) is 3.48. The summed E-state index contributed by atoms with van der Waals surface area (Å²) in [5, 5.41) is 15.3. The van der Waals surface area contributed by atoms with Crippen LogP contribution in [0.25, 0.3) is 16.6 Å². The molecule has 186 valence electrons. The summed E-state index contributed by atoms with van der Waals surface area (Å²) in [7, 11) is 0. The summed E-state index contributed by atoms with van der Waals surface area (Å²) in [5.41, 5.74) is 7.31. The van der Waals surface area contributed by atoms with E-state index in [2.05, 4.69) is 49.6 Å². The Morgan fingerprint density at radius 3 is 2.74 bits per heavy atom. The van der Waals surface area contributed by atoms with Crippen LogP contribution >= 0.6 is 0 Å². The predicted octanol–water partition coefficient (Wildman–Crippen LogP) is 4.39. The van der Waals surface area contributed by atoms with Gasteiger partial charge in [0.2, 0.25) is 0 Å². The molecule has 0 saturated carbocycles. The van der Waals surface area contributed by atoms with Gasteiger partial charge in [0.05, 0.1) is 29.4 Å². The van der Waals surface area contributed by atoms with Crippen molar-refractivity contribution < 1.29 is 14.6 Å². The zero-order valence-electron chi connectivity index (χ0n) is 21.0. The zero-order chi connectivity index (χ0) is 25.1. The molecule has 1 amide bonds. The van der Waals surface area contributed by atoms with E-state index in [0.717, 1.165) is 34.6 Å². The second kappa shape index (κ2) is 8.03. The monoisotopic (exact) mass is 478 g/mol. The second-order valence-electron chi connectivity index (χ2n) is 11.2. The first kappa shape index (κ1) is 23.3.